The summed E-state index contributed by atoms with van der Waals surface area (Å²) in [6, 6.07) is 6.36. The maximum atomic E-state index is 12.1. The van der Waals surface area contributed by atoms with Crippen molar-refractivity contribution >= 4 is 17.5 Å². The van der Waals surface area contributed by atoms with Gasteiger partial charge in [-0.05, 0) is 49.1 Å². The summed E-state index contributed by atoms with van der Waals surface area (Å²) in [5, 5.41) is 0.255. The smallest absolute Gasteiger partial charge is 0.150 e. The predicted octanol–water partition coefficient (Wildman–Crippen LogP) is 3.70. The first-order valence-corrected chi connectivity index (χ1v) is 7.42. The molecule has 0 aliphatic carbocycles. The molecule has 2 heteroatoms. The van der Waals surface area contributed by atoms with E-state index in [-0.39, 0.29) is 5.25 Å². The Labute approximate surface area is 108 Å². The van der Waals surface area contributed by atoms with E-state index in [2.05, 4.69) is 32.0 Å². The highest BCUT2D eigenvalue weighted by atomic mass is 32.2. The van der Waals surface area contributed by atoms with Gasteiger partial charge in [-0.15, -0.1) is 0 Å². The number of thioether (sulfide) groups is 1. The quantitative estimate of drug-likeness (QED) is 0.811. The molecule has 17 heavy (non-hydrogen) atoms. The van der Waals surface area contributed by atoms with E-state index in [9.17, 15) is 4.79 Å². The lowest BCUT2D eigenvalue weighted by molar-refractivity contribution is -0.118. The van der Waals surface area contributed by atoms with Gasteiger partial charge in [0.05, 0.1) is 5.25 Å². The number of ketones is 1. The van der Waals surface area contributed by atoms with E-state index in [4.69, 9.17) is 0 Å². The fourth-order valence-corrected chi connectivity index (χ4v) is 3.48. The first-order valence-electron chi connectivity index (χ1n) is 6.37. The molecule has 1 saturated heterocycles. The molecule has 0 aromatic heterocycles. The summed E-state index contributed by atoms with van der Waals surface area (Å²) in [6.07, 6.45) is 4.18. The van der Waals surface area contributed by atoms with Crippen molar-refractivity contribution in [3.05, 3.63) is 34.9 Å². The van der Waals surface area contributed by atoms with Gasteiger partial charge in [-0.25, -0.2) is 0 Å². The lowest BCUT2D eigenvalue weighted by Gasteiger charge is -2.20. The third-order valence-electron chi connectivity index (χ3n) is 3.49. The lowest BCUT2D eigenvalue weighted by Crippen LogP contribution is -2.22. The summed E-state index contributed by atoms with van der Waals surface area (Å²) in [7, 11) is 0. The molecule has 1 aliphatic heterocycles. The zero-order chi connectivity index (χ0) is 12.3. The second kappa shape index (κ2) is 5.72. The van der Waals surface area contributed by atoms with Crippen LogP contribution in [0.4, 0.5) is 0 Å². The molecule has 1 aliphatic rings. The van der Waals surface area contributed by atoms with E-state index in [0.717, 1.165) is 12.2 Å². The Morgan fingerprint density at radius 2 is 2.12 bits per heavy atom. The largest absolute Gasteiger partial charge is 0.298 e. The lowest BCUT2D eigenvalue weighted by atomic mass is 10.00. The van der Waals surface area contributed by atoms with Gasteiger partial charge in [-0.3, -0.25) is 4.79 Å². The summed E-state index contributed by atoms with van der Waals surface area (Å²) < 4.78 is 0. The van der Waals surface area contributed by atoms with Crippen LogP contribution >= 0.6 is 11.8 Å². The molecule has 0 saturated carbocycles. The number of hydrogen-bond donors (Lipinski definition) is 0. The Kier molecular flexibility index (Phi) is 4.27. The van der Waals surface area contributed by atoms with Gasteiger partial charge in [0.2, 0.25) is 0 Å². The van der Waals surface area contributed by atoms with Crippen LogP contribution in [0.1, 0.15) is 36.0 Å². The summed E-state index contributed by atoms with van der Waals surface area (Å²) in [5.74, 6) is 1.57. The number of rotatable bonds is 3. The molecule has 0 radical (unpaired) electrons. The average Bonchev–Trinajstić information content (AvgIpc) is 2.35. The van der Waals surface area contributed by atoms with Crippen LogP contribution in [0.25, 0.3) is 0 Å². The SMILES string of the molecule is Cc1ccc(CC(=O)C2CCCCS2)cc1C. The number of benzene rings is 1. The van der Waals surface area contributed by atoms with Crippen LogP contribution in [-0.2, 0) is 11.2 Å². The summed E-state index contributed by atoms with van der Waals surface area (Å²) in [5.41, 5.74) is 3.75. The Bertz CT molecular complexity index is 405. The topological polar surface area (TPSA) is 17.1 Å². The minimum absolute atomic E-state index is 0.255. The monoisotopic (exact) mass is 248 g/mol. The Hall–Kier alpha value is -0.760. The van der Waals surface area contributed by atoms with Crippen LogP contribution in [0, 0.1) is 13.8 Å². The summed E-state index contributed by atoms with van der Waals surface area (Å²) in [6.45, 7) is 4.22. The van der Waals surface area contributed by atoms with Crippen molar-refractivity contribution in [2.75, 3.05) is 5.75 Å². The van der Waals surface area contributed by atoms with Crippen LogP contribution in [0.3, 0.4) is 0 Å². The van der Waals surface area contributed by atoms with Gasteiger partial charge in [0, 0.05) is 6.42 Å². The molecule has 1 fully saturated rings. The maximum absolute atomic E-state index is 12.1. The minimum Gasteiger partial charge on any atom is -0.298 e. The number of carbonyl (C=O) groups excluding carboxylic acids is 1. The van der Waals surface area contributed by atoms with Crippen LogP contribution < -0.4 is 0 Å². The van der Waals surface area contributed by atoms with Crippen molar-refractivity contribution in [2.24, 2.45) is 0 Å². The molecule has 0 amide bonds. The van der Waals surface area contributed by atoms with E-state index < -0.39 is 0 Å². The molecule has 1 aromatic rings. The molecule has 1 aromatic carbocycles. The zero-order valence-corrected chi connectivity index (χ0v) is 11.5. The van der Waals surface area contributed by atoms with Crippen molar-refractivity contribution < 1.29 is 4.79 Å². The van der Waals surface area contributed by atoms with Crippen molar-refractivity contribution in [1.29, 1.82) is 0 Å². The first-order chi connectivity index (χ1) is 8.16. The van der Waals surface area contributed by atoms with Crippen LogP contribution in [-0.4, -0.2) is 16.8 Å². The maximum Gasteiger partial charge on any atom is 0.150 e. The normalized spacial score (nSPS) is 20.2. The number of aryl methyl sites for hydroxylation is 2. The summed E-state index contributed by atoms with van der Waals surface area (Å²) in [4.78, 5) is 12.1. The number of hydrogen-bond acceptors (Lipinski definition) is 2. The predicted molar refractivity (Wildman–Crippen MR) is 74.7 cm³/mol. The number of Topliss-reactive ketones (excluding diaryl/α,β-unsaturated/α-hetero) is 1. The van der Waals surface area contributed by atoms with E-state index in [1.165, 1.54) is 29.5 Å². The molecular weight excluding hydrogens is 228 g/mol. The minimum atomic E-state index is 0.255. The highest BCUT2D eigenvalue weighted by Gasteiger charge is 2.21. The molecular formula is C15H20OS. The van der Waals surface area contributed by atoms with Gasteiger partial charge in [0.1, 0.15) is 5.78 Å². The van der Waals surface area contributed by atoms with Crippen LogP contribution in [0.2, 0.25) is 0 Å². The highest BCUT2D eigenvalue weighted by molar-refractivity contribution is 8.00. The van der Waals surface area contributed by atoms with Crippen molar-refractivity contribution in [3.63, 3.8) is 0 Å². The second-order valence-electron chi connectivity index (χ2n) is 4.92. The summed E-state index contributed by atoms with van der Waals surface area (Å²) >= 11 is 1.85. The fraction of sp³-hybridized carbons (Fsp3) is 0.533. The van der Waals surface area contributed by atoms with Crippen molar-refractivity contribution in [2.45, 2.75) is 44.8 Å². The van der Waals surface area contributed by atoms with Crippen molar-refractivity contribution in [3.8, 4) is 0 Å². The second-order valence-corrected chi connectivity index (χ2v) is 6.23. The third kappa shape index (κ3) is 3.35. The molecule has 2 rings (SSSR count). The molecule has 1 atom stereocenters. The van der Waals surface area contributed by atoms with Gasteiger partial charge in [-0.2, -0.15) is 11.8 Å². The number of carbonyl (C=O) groups is 1. The first kappa shape index (κ1) is 12.7. The Morgan fingerprint density at radius 3 is 2.76 bits per heavy atom. The molecule has 0 bridgehead atoms. The molecule has 92 valence electrons. The molecule has 0 spiro atoms. The highest BCUT2D eigenvalue weighted by Crippen LogP contribution is 2.26. The van der Waals surface area contributed by atoms with Gasteiger partial charge >= 0.3 is 0 Å². The molecule has 0 N–H and O–H groups in total. The van der Waals surface area contributed by atoms with E-state index in [1.807, 2.05) is 11.8 Å². The fourth-order valence-electron chi connectivity index (χ4n) is 2.22. The zero-order valence-electron chi connectivity index (χ0n) is 10.7. The third-order valence-corrected chi connectivity index (χ3v) is 4.91. The Morgan fingerprint density at radius 1 is 1.29 bits per heavy atom. The van der Waals surface area contributed by atoms with E-state index in [0.29, 0.717) is 12.2 Å². The molecule has 1 nitrogen and oxygen atoms in total. The Balaban J connectivity index is 1.99. The van der Waals surface area contributed by atoms with Crippen LogP contribution in [0.15, 0.2) is 18.2 Å². The standard InChI is InChI=1S/C15H20OS/c1-11-6-7-13(9-12(11)2)10-14(16)15-5-3-4-8-17-15/h6-7,9,15H,3-5,8,10H2,1-2H3. The average molecular weight is 248 g/mol. The van der Waals surface area contributed by atoms with Crippen LogP contribution in [0.5, 0.6) is 0 Å². The van der Waals surface area contributed by atoms with Gasteiger partial charge < -0.3 is 0 Å². The molecule has 1 unspecified atom stereocenters. The van der Waals surface area contributed by atoms with Gasteiger partial charge in [0.15, 0.2) is 0 Å². The molecule has 1 heterocycles. The van der Waals surface area contributed by atoms with E-state index in [1.54, 1.807) is 0 Å². The van der Waals surface area contributed by atoms with Gasteiger partial charge in [0.25, 0.3) is 0 Å². The van der Waals surface area contributed by atoms with Crippen molar-refractivity contribution in [1.82, 2.24) is 0 Å². The van der Waals surface area contributed by atoms with E-state index >= 15 is 0 Å². The van der Waals surface area contributed by atoms with Gasteiger partial charge in [-0.1, -0.05) is 24.6 Å².